The molecule has 0 saturated carbocycles. The molecule has 31 nitrogen and oxygen atoms in total. The SMILES string of the molecule is CC(=O)N[C@H](CSN[C@@H](CS)C(=O)O)C(=O)N[C@H](C)C(=O)N[C@H](CCCNC(=N)N)C(=O)N[C@H](CCCNC(=N)N)C(=O)N[C@H](CCCNC(=N)N)C(=O)N[C@H](C)C(=O)N[C@H](CCCNC(=N)N)C(N)=O. The maximum absolute atomic E-state index is 14.1. The second kappa shape index (κ2) is 35.1. The van der Waals surface area contributed by atoms with Crippen molar-refractivity contribution in [2.45, 2.75) is 120 Å². The smallest absolute Gasteiger partial charge is 0.322 e. The quantitative estimate of drug-likeness (QED) is 0.00911. The Bertz CT molecular complexity index is 1870. The number of nitrogens with one attached hydrogen (secondary N) is 16. The van der Waals surface area contributed by atoms with Gasteiger partial charge in [-0.25, -0.2) is 4.72 Å². The second-order valence-corrected chi connectivity index (χ2v) is 17.0. The van der Waals surface area contributed by atoms with Crippen LogP contribution in [0.3, 0.4) is 0 Å². The van der Waals surface area contributed by atoms with Crippen molar-refractivity contribution < 1.29 is 48.3 Å². The topological polar surface area (TPSA) is 544 Å². The predicted molar refractivity (Wildman–Crippen MR) is 267 cm³/mol. The lowest BCUT2D eigenvalue weighted by Crippen LogP contribution is -2.59. The van der Waals surface area contributed by atoms with Crippen molar-refractivity contribution in [3.63, 3.8) is 0 Å². The fourth-order valence-corrected chi connectivity index (χ4v) is 7.19. The van der Waals surface area contributed by atoms with Gasteiger partial charge in [0.2, 0.25) is 47.3 Å². The maximum atomic E-state index is 14.1. The summed E-state index contributed by atoms with van der Waals surface area (Å²) in [5, 5.41) is 66.8. The minimum Gasteiger partial charge on any atom is -0.480 e. The van der Waals surface area contributed by atoms with Gasteiger partial charge in [-0.3, -0.25) is 64.8 Å². The number of thiol groups is 1. The van der Waals surface area contributed by atoms with Gasteiger partial charge in [-0.2, -0.15) is 12.6 Å². The molecule has 0 fully saturated rings. The molecule has 0 saturated heterocycles. The molecule has 0 aromatic rings. The van der Waals surface area contributed by atoms with Crippen LogP contribution in [0.1, 0.15) is 72.1 Å². The Morgan fingerprint density at radius 1 is 0.479 bits per heavy atom. The van der Waals surface area contributed by atoms with Gasteiger partial charge in [-0.1, -0.05) is 11.9 Å². The summed E-state index contributed by atoms with van der Waals surface area (Å²) < 4.78 is 2.62. The van der Waals surface area contributed by atoms with Gasteiger partial charge in [0.1, 0.15) is 48.3 Å². The average molecular weight is 1050 g/mol. The van der Waals surface area contributed by atoms with Gasteiger partial charge < -0.3 is 92.3 Å². The van der Waals surface area contributed by atoms with Gasteiger partial charge >= 0.3 is 5.97 Å². The van der Waals surface area contributed by atoms with Crippen molar-refractivity contribution in [1.82, 2.24) is 63.2 Å². The zero-order valence-electron chi connectivity index (χ0n) is 39.9. The van der Waals surface area contributed by atoms with Crippen LogP contribution in [-0.4, -0.2) is 168 Å². The Kier molecular flexibility index (Phi) is 31.6. The summed E-state index contributed by atoms with van der Waals surface area (Å²) in [6.45, 7) is 4.21. The molecule has 71 heavy (non-hydrogen) atoms. The van der Waals surface area contributed by atoms with E-state index in [-0.39, 0.29) is 113 Å². The highest BCUT2D eigenvalue weighted by molar-refractivity contribution is 7.97. The Hall–Kier alpha value is -7.03. The van der Waals surface area contributed by atoms with Crippen molar-refractivity contribution in [3.8, 4) is 0 Å². The molecule has 0 aliphatic carbocycles. The van der Waals surface area contributed by atoms with E-state index >= 15 is 0 Å². The second-order valence-electron chi connectivity index (χ2n) is 15.8. The number of guanidine groups is 4. The number of carbonyl (C=O) groups excluding carboxylic acids is 8. The molecule has 0 heterocycles. The van der Waals surface area contributed by atoms with Crippen molar-refractivity contribution in [2.75, 3.05) is 37.7 Å². The van der Waals surface area contributed by atoms with Crippen molar-refractivity contribution in [1.29, 1.82) is 21.6 Å². The number of rotatable bonds is 36. The Labute approximate surface area is 420 Å². The molecule has 0 aliphatic rings. The van der Waals surface area contributed by atoms with Crippen LogP contribution in [0.15, 0.2) is 0 Å². The van der Waals surface area contributed by atoms with Crippen molar-refractivity contribution in [2.24, 2.45) is 28.7 Å². The van der Waals surface area contributed by atoms with Crippen LogP contribution >= 0.6 is 24.6 Å². The first-order chi connectivity index (χ1) is 33.3. The Morgan fingerprint density at radius 2 is 0.789 bits per heavy atom. The highest BCUT2D eigenvalue weighted by atomic mass is 32.2. The van der Waals surface area contributed by atoms with E-state index in [0.29, 0.717) is 0 Å². The normalized spacial score (nSPS) is 14.0. The van der Waals surface area contributed by atoms with E-state index in [1.54, 1.807) is 0 Å². The fraction of sp³-hybridized carbons (Fsp3) is 0.658. The molecule has 0 aliphatic heterocycles. The lowest BCUT2D eigenvalue weighted by molar-refractivity contribution is -0.138. The van der Waals surface area contributed by atoms with Crippen LogP contribution in [0.2, 0.25) is 0 Å². The molecule has 0 aromatic heterocycles. The summed E-state index contributed by atoms with van der Waals surface area (Å²) in [4.78, 5) is 117. The van der Waals surface area contributed by atoms with E-state index in [1.165, 1.54) is 13.8 Å². The summed E-state index contributed by atoms with van der Waals surface area (Å²) in [6.07, 6.45) is 0.453. The summed E-state index contributed by atoms with van der Waals surface area (Å²) in [5.74, 6) is -9.45. The molecular formula is C38H73N21O10S2. The Morgan fingerprint density at radius 3 is 1.10 bits per heavy atom. The molecule has 8 amide bonds. The minimum absolute atomic E-state index is 0.0687. The number of carboxylic acids is 1. The van der Waals surface area contributed by atoms with Gasteiger partial charge in [0.05, 0.1) is 0 Å². The molecular weight excluding hydrogens is 975 g/mol. The zero-order valence-corrected chi connectivity index (χ0v) is 41.6. The monoisotopic (exact) mass is 1050 g/mol. The van der Waals surface area contributed by atoms with Gasteiger partial charge in [0, 0.05) is 44.6 Å². The number of primary amides is 1. The summed E-state index contributed by atoms with van der Waals surface area (Å²) in [6, 6.07) is -10.3. The lowest BCUT2D eigenvalue weighted by Gasteiger charge is -2.27. The van der Waals surface area contributed by atoms with E-state index in [4.69, 9.17) is 50.3 Å². The minimum atomic E-state index is -1.42. The fourth-order valence-electron chi connectivity index (χ4n) is 5.93. The zero-order chi connectivity index (χ0) is 54.2. The van der Waals surface area contributed by atoms with E-state index in [1.807, 2.05) is 0 Å². The molecule has 0 spiro atoms. The van der Waals surface area contributed by atoms with Gasteiger partial charge in [-0.05, 0) is 65.2 Å². The van der Waals surface area contributed by atoms with E-state index in [2.05, 4.69) is 75.8 Å². The first-order valence-corrected chi connectivity index (χ1v) is 23.8. The summed E-state index contributed by atoms with van der Waals surface area (Å²) in [5.41, 5.74) is 27.0. The number of hydrogen-bond donors (Lipinski definition) is 23. The lowest BCUT2D eigenvalue weighted by atomic mass is 10.0. The maximum Gasteiger partial charge on any atom is 0.322 e. The number of carbonyl (C=O) groups is 9. The third-order valence-electron chi connectivity index (χ3n) is 9.65. The van der Waals surface area contributed by atoms with Crippen molar-refractivity contribution in [3.05, 3.63) is 0 Å². The van der Waals surface area contributed by atoms with Gasteiger partial charge in [0.15, 0.2) is 23.8 Å². The summed E-state index contributed by atoms with van der Waals surface area (Å²) in [7, 11) is 0. The first-order valence-electron chi connectivity index (χ1n) is 22.2. The molecule has 0 radical (unpaired) electrons. The highest BCUT2D eigenvalue weighted by Crippen LogP contribution is 2.08. The van der Waals surface area contributed by atoms with Gasteiger partial charge in [0.25, 0.3) is 0 Å². The molecule has 0 aromatic carbocycles. The van der Waals surface area contributed by atoms with Crippen LogP contribution in [0.5, 0.6) is 0 Å². The third kappa shape index (κ3) is 29.6. The number of aliphatic carboxylic acids is 1. The number of nitrogens with two attached hydrogens (primary N) is 5. The first kappa shape index (κ1) is 64.0. The predicted octanol–water partition coefficient (Wildman–Crippen LogP) is -7.40. The van der Waals surface area contributed by atoms with E-state index in [9.17, 15) is 48.3 Å². The van der Waals surface area contributed by atoms with Gasteiger partial charge in [-0.15, -0.1) is 0 Å². The standard InChI is InChI=1S/C38H73N21O10S2/c1-18(28(62)55-21(27(39)61)8-4-12-48-35(40)41)52-30(64)22(9-5-13-49-36(42)43)57-32(66)24(11-7-15-51-38(46)47)58-31(65)23(10-6-14-50-37(44)45)56-29(63)19(2)53-33(67)26(54-20(3)60)17-71-59-25(16-70)34(68)69/h18-19,21-26,59,70H,4-17H2,1-3H3,(H2,39,61)(H,52,64)(H,53,67)(H,54,60)(H,55,62)(H,56,63)(H,57,66)(H,58,65)(H,68,69)(H4,40,41,48)(H4,42,43,49)(H4,44,45,50)(H4,46,47,51)/t18-,19-,21-,22-,23-,24-,25+,26-/m1/s1. The highest BCUT2D eigenvalue weighted by Gasteiger charge is 2.33. The molecule has 27 N–H and O–H groups in total. The molecule has 402 valence electrons. The van der Waals surface area contributed by atoms with Crippen LogP contribution in [-0.2, 0) is 43.2 Å². The molecule has 8 atom stereocenters. The average Bonchev–Trinajstić information content (AvgIpc) is 3.27. The Balaban J connectivity index is 6.52. The van der Waals surface area contributed by atoms with Crippen LogP contribution in [0, 0.1) is 21.6 Å². The van der Waals surface area contributed by atoms with Crippen molar-refractivity contribution >= 4 is 102 Å². The summed E-state index contributed by atoms with van der Waals surface area (Å²) >= 11 is 4.79. The number of carboxylic acid groups (broad SMARTS) is 1. The number of amides is 8. The largest absolute Gasteiger partial charge is 0.480 e. The van der Waals surface area contributed by atoms with Crippen LogP contribution in [0.4, 0.5) is 0 Å². The molecule has 0 bridgehead atoms. The van der Waals surface area contributed by atoms with E-state index < -0.39 is 102 Å². The molecule has 0 unspecified atom stereocenters. The van der Waals surface area contributed by atoms with E-state index in [0.717, 1.165) is 18.9 Å². The molecule has 0 rings (SSSR count). The van der Waals surface area contributed by atoms with Crippen LogP contribution in [0.25, 0.3) is 0 Å². The third-order valence-corrected chi connectivity index (χ3v) is 11.0. The van der Waals surface area contributed by atoms with Crippen LogP contribution < -0.4 is 91.9 Å². The molecule has 33 heteroatoms. The number of hydrogen-bond acceptors (Lipinski definition) is 16.